The highest BCUT2D eigenvalue weighted by atomic mass is 35.5. The zero-order valence-corrected chi connectivity index (χ0v) is 17.2. The molecule has 2 N–H and O–H groups in total. The summed E-state index contributed by atoms with van der Waals surface area (Å²) in [7, 11) is 1.50. The summed E-state index contributed by atoms with van der Waals surface area (Å²) in [6, 6.07) is 18.3. The van der Waals surface area contributed by atoms with Gasteiger partial charge in [-0.25, -0.2) is 0 Å². The molecule has 1 aliphatic rings. The van der Waals surface area contributed by atoms with Crippen molar-refractivity contribution in [2.45, 2.75) is 6.04 Å². The second-order valence-corrected chi connectivity index (χ2v) is 7.41. The smallest absolute Gasteiger partial charge is 0.300 e. The Hall–Kier alpha value is -3.77. The van der Waals surface area contributed by atoms with Crippen LogP contribution >= 0.6 is 11.6 Å². The molecule has 0 radical (unpaired) electrons. The average Bonchev–Trinajstić information content (AvgIpc) is 3.05. The molecule has 3 aromatic rings. The van der Waals surface area contributed by atoms with Crippen LogP contribution in [0.15, 0.2) is 78.4 Å². The second-order valence-electron chi connectivity index (χ2n) is 6.97. The lowest BCUT2D eigenvalue weighted by atomic mass is 9.95. The van der Waals surface area contributed by atoms with E-state index >= 15 is 0 Å². The molecule has 156 valence electrons. The van der Waals surface area contributed by atoms with Crippen LogP contribution < -0.4 is 9.64 Å². The van der Waals surface area contributed by atoms with Crippen molar-refractivity contribution in [2.24, 2.45) is 0 Å². The Morgan fingerprint density at radius 2 is 1.68 bits per heavy atom. The molecule has 0 bridgehead atoms. The van der Waals surface area contributed by atoms with Gasteiger partial charge in [0.05, 0.1) is 18.7 Å². The maximum Gasteiger partial charge on any atom is 0.300 e. The minimum absolute atomic E-state index is 0.0417. The summed E-state index contributed by atoms with van der Waals surface area (Å²) in [5.41, 5.74) is 1.29. The molecular formula is C24H18ClNO5. The van der Waals surface area contributed by atoms with E-state index < -0.39 is 17.7 Å². The van der Waals surface area contributed by atoms with Crippen LogP contribution in [0.25, 0.3) is 5.76 Å². The first kappa shape index (κ1) is 20.5. The normalized spacial score (nSPS) is 17.7. The molecule has 6 nitrogen and oxygen atoms in total. The van der Waals surface area contributed by atoms with Gasteiger partial charge in [-0.1, -0.05) is 35.9 Å². The fourth-order valence-corrected chi connectivity index (χ4v) is 3.72. The van der Waals surface area contributed by atoms with Gasteiger partial charge in [-0.15, -0.1) is 0 Å². The van der Waals surface area contributed by atoms with E-state index in [2.05, 4.69) is 0 Å². The number of phenolic OH excluding ortho intramolecular Hbond substituents is 1. The van der Waals surface area contributed by atoms with Gasteiger partial charge >= 0.3 is 0 Å². The third kappa shape index (κ3) is 3.73. The summed E-state index contributed by atoms with van der Waals surface area (Å²) in [4.78, 5) is 27.4. The van der Waals surface area contributed by atoms with Gasteiger partial charge in [-0.3, -0.25) is 14.5 Å². The number of aliphatic hydroxyl groups is 1. The predicted molar refractivity (Wildman–Crippen MR) is 117 cm³/mol. The minimum Gasteiger partial charge on any atom is -0.508 e. The van der Waals surface area contributed by atoms with Gasteiger partial charge in [-0.05, 0) is 54.1 Å². The molecule has 1 fully saturated rings. The van der Waals surface area contributed by atoms with Crippen LogP contribution in [-0.4, -0.2) is 29.0 Å². The molecule has 1 atom stereocenters. The number of amides is 1. The first-order valence-electron chi connectivity index (χ1n) is 9.40. The Morgan fingerprint density at radius 3 is 2.32 bits per heavy atom. The quantitative estimate of drug-likeness (QED) is 0.353. The molecule has 3 aromatic carbocycles. The van der Waals surface area contributed by atoms with E-state index in [1.807, 2.05) is 0 Å². The molecule has 0 aromatic heterocycles. The van der Waals surface area contributed by atoms with Crippen molar-refractivity contribution in [3.63, 3.8) is 0 Å². The van der Waals surface area contributed by atoms with E-state index in [-0.39, 0.29) is 17.1 Å². The lowest BCUT2D eigenvalue weighted by molar-refractivity contribution is -0.132. The molecule has 1 unspecified atom stereocenters. The van der Waals surface area contributed by atoms with Crippen LogP contribution in [0.1, 0.15) is 17.2 Å². The van der Waals surface area contributed by atoms with Crippen molar-refractivity contribution in [1.82, 2.24) is 0 Å². The molecule has 7 heteroatoms. The molecule has 1 aliphatic heterocycles. The summed E-state index contributed by atoms with van der Waals surface area (Å²) in [5, 5.41) is 21.3. The van der Waals surface area contributed by atoms with Crippen LogP contribution in [-0.2, 0) is 9.59 Å². The highest BCUT2D eigenvalue weighted by molar-refractivity contribution is 6.51. The van der Waals surface area contributed by atoms with Gasteiger partial charge in [0.25, 0.3) is 11.7 Å². The number of halogens is 1. The van der Waals surface area contributed by atoms with E-state index in [9.17, 15) is 19.8 Å². The SMILES string of the molecule is COc1cccc(/C(O)=C2/C(=O)C(=O)N(c3ccc(Cl)cc3)C2c2ccc(O)cc2)c1. The van der Waals surface area contributed by atoms with E-state index in [4.69, 9.17) is 16.3 Å². The monoisotopic (exact) mass is 435 g/mol. The number of aromatic hydroxyl groups is 1. The van der Waals surface area contributed by atoms with Gasteiger partial charge in [-0.2, -0.15) is 0 Å². The zero-order chi connectivity index (χ0) is 22.1. The van der Waals surface area contributed by atoms with Gasteiger partial charge < -0.3 is 14.9 Å². The topological polar surface area (TPSA) is 87.1 Å². The van der Waals surface area contributed by atoms with Gasteiger partial charge in [0.15, 0.2) is 0 Å². The van der Waals surface area contributed by atoms with Crippen molar-refractivity contribution in [3.05, 3.63) is 94.5 Å². The number of nitrogens with zero attached hydrogens (tertiary/aromatic N) is 1. The molecule has 0 spiro atoms. The Morgan fingerprint density at radius 1 is 1.00 bits per heavy atom. The van der Waals surface area contributed by atoms with Crippen LogP contribution in [0, 0.1) is 0 Å². The molecular weight excluding hydrogens is 418 g/mol. The highest BCUT2D eigenvalue weighted by Crippen LogP contribution is 2.42. The molecule has 1 heterocycles. The third-order valence-corrected chi connectivity index (χ3v) is 5.35. The van der Waals surface area contributed by atoms with E-state index in [0.717, 1.165) is 0 Å². The molecule has 0 saturated carbocycles. The molecule has 1 amide bonds. The van der Waals surface area contributed by atoms with Crippen molar-refractivity contribution in [1.29, 1.82) is 0 Å². The van der Waals surface area contributed by atoms with Crippen molar-refractivity contribution < 1.29 is 24.5 Å². The summed E-state index contributed by atoms with van der Waals surface area (Å²) in [6.45, 7) is 0. The van der Waals surface area contributed by atoms with Gasteiger partial charge in [0.2, 0.25) is 0 Å². The number of Topliss-reactive ketones (excluding diaryl/α,β-unsaturated/α-hetero) is 1. The number of ketones is 1. The summed E-state index contributed by atoms with van der Waals surface area (Å²) >= 11 is 5.98. The Balaban J connectivity index is 1.93. The van der Waals surface area contributed by atoms with Crippen LogP contribution in [0.2, 0.25) is 5.02 Å². The van der Waals surface area contributed by atoms with E-state index in [1.54, 1.807) is 60.7 Å². The lowest BCUT2D eigenvalue weighted by Crippen LogP contribution is -2.29. The number of hydrogen-bond donors (Lipinski definition) is 2. The Bertz CT molecular complexity index is 1190. The molecule has 31 heavy (non-hydrogen) atoms. The minimum atomic E-state index is -0.895. The Labute approximate surface area is 183 Å². The van der Waals surface area contributed by atoms with Crippen LogP contribution in [0.5, 0.6) is 11.5 Å². The zero-order valence-electron chi connectivity index (χ0n) is 16.4. The number of ether oxygens (including phenoxy) is 1. The number of phenols is 1. The number of anilines is 1. The summed E-state index contributed by atoms with van der Waals surface area (Å²) in [6.07, 6.45) is 0. The maximum atomic E-state index is 13.1. The van der Waals surface area contributed by atoms with Crippen LogP contribution in [0.4, 0.5) is 5.69 Å². The number of methoxy groups -OCH3 is 1. The largest absolute Gasteiger partial charge is 0.508 e. The maximum absolute atomic E-state index is 13.1. The third-order valence-electron chi connectivity index (χ3n) is 5.10. The first-order chi connectivity index (χ1) is 14.9. The van der Waals surface area contributed by atoms with Gasteiger partial charge in [0.1, 0.15) is 17.3 Å². The fraction of sp³-hybridized carbons (Fsp3) is 0.0833. The lowest BCUT2D eigenvalue weighted by Gasteiger charge is -2.25. The number of benzene rings is 3. The van der Waals surface area contributed by atoms with Crippen molar-refractivity contribution in [2.75, 3.05) is 12.0 Å². The number of carbonyl (C=O) groups excluding carboxylic acids is 2. The standard InChI is InChI=1S/C24H18ClNO5/c1-31-19-4-2-3-15(13-19)22(28)20-21(14-5-11-18(27)12-6-14)26(24(30)23(20)29)17-9-7-16(25)8-10-17/h2-13,21,27-28H,1H3/b22-20-. The average molecular weight is 436 g/mol. The fourth-order valence-electron chi connectivity index (χ4n) is 3.60. The van der Waals surface area contributed by atoms with E-state index in [1.165, 1.54) is 24.1 Å². The van der Waals surface area contributed by atoms with Crippen molar-refractivity contribution >= 4 is 34.7 Å². The molecule has 0 aliphatic carbocycles. The Kier molecular flexibility index (Phi) is 5.40. The number of hydrogen-bond acceptors (Lipinski definition) is 5. The predicted octanol–water partition coefficient (Wildman–Crippen LogP) is 4.68. The van der Waals surface area contributed by atoms with Crippen molar-refractivity contribution in [3.8, 4) is 11.5 Å². The first-order valence-corrected chi connectivity index (χ1v) is 9.78. The van der Waals surface area contributed by atoms with E-state index in [0.29, 0.717) is 27.6 Å². The molecule has 1 saturated heterocycles. The second kappa shape index (κ2) is 8.16. The highest BCUT2D eigenvalue weighted by Gasteiger charge is 2.46. The number of aliphatic hydroxyl groups excluding tert-OH is 1. The number of carbonyl (C=O) groups is 2. The summed E-state index contributed by atoms with van der Waals surface area (Å²) in [5.74, 6) is -1.36. The summed E-state index contributed by atoms with van der Waals surface area (Å²) < 4.78 is 5.21. The number of rotatable bonds is 4. The van der Waals surface area contributed by atoms with Gasteiger partial charge in [0, 0.05) is 16.3 Å². The molecule has 4 rings (SSSR count). The van der Waals surface area contributed by atoms with Crippen LogP contribution in [0.3, 0.4) is 0 Å².